The Morgan fingerprint density at radius 3 is 1.13 bits per heavy atom. The SMILES string of the molecule is C=CCN(c1ccc(C[C@H](NC(=O)c2c(Cl)cccc2Cl)C(=O)OC)cc1)S(=O)(=O)c1ccccc1[N+](=O)[O-].COC(=O)[C@H](Cc1ccc(N)cc1)NC(=O)c1c(Cl)cccc1Cl.COC(=O)[C@H](Cc1ccc(NS(=O)(=O)c2ccccc2[N+](=O)[O-])cc1)NC(=O)c1c(Cl)cccc1Cl. The topological polar surface area (TPSA) is 362 Å². The summed E-state index contributed by atoms with van der Waals surface area (Å²) < 4.78 is 69.8. The predicted molar refractivity (Wildman–Crippen MR) is 376 cm³/mol. The molecular formula is C66H58Cl6N8O17S2. The van der Waals surface area contributed by atoms with Crippen molar-refractivity contribution in [2.45, 2.75) is 47.2 Å². The molecule has 0 spiro atoms. The Kier molecular flexibility index (Phi) is 28.5. The predicted octanol–water partition coefficient (Wildman–Crippen LogP) is 12.1. The van der Waals surface area contributed by atoms with Crippen molar-refractivity contribution >= 4 is 154 Å². The Hall–Kier alpha value is -9.84. The van der Waals surface area contributed by atoms with Crippen LogP contribution >= 0.6 is 69.6 Å². The smallest absolute Gasteiger partial charge is 0.328 e. The Bertz CT molecular complexity index is 4500. The van der Waals surface area contributed by atoms with Crippen LogP contribution in [-0.2, 0) is 67.9 Å². The van der Waals surface area contributed by atoms with Gasteiger partial charge in [0.1, 0.15) is 18.1 Å². The largest absolute Gasteiger partial charge is 0.467 e. The first-order valence-electron chi connectivity index (χ1n) is 28.6. The molecule has 0 aromatic heterocycles. The van der Waals surface area contributed by atoms with E-state index in [1.165, 1.54) is 112 Å². The molecule has 33 heteroatoms. The fraction of sp³-hybridized carbons (Fsp3) is 0.152. The first kappa shape index (κ1) is 78.2. The summed E-state index contributed by atoms with van der Waals surface area (Å²) in [6.07, 6.45) is 1.61. The van der Waals surface area contributed by atoms with Gasteiger partial charge >= 0.3 is 17.9 Å². The van der Waals surface area contributed by atoms with E-state index in [0.29, 0.717) is 16.8 Å². The van der Waals surface area contributed by atoms with Gasteiger partial charge in [-0.1, -0.05) is 155 Å². The van der Waals surface area contributed by atoms with Gasteiger partial charge in [0.15, 0.2) is 9.79 Å². The van der Waals surface area contributed by atoms with E-state index in [2.05, 4.69) is 27.3 Å². The van der Waals surface area contributed by atoms with E-state index in [9.17, 15) is 65.8 Å². The lowest BCUT2D eigenvalue weighted by atomic mass is 10.0. The van der Waals surface area contributed by atoms with Crippen molar-refractivity contribution in [3.05, 3.63) is 272 Å². The monoisotopic (exact) mass is 1510 g/mol. The Morgan fingerprint density at radius 2 is 0.798 bits per heavy atom. The van der Waals surface area contributed by atoms with Crippen LogP contribution in [0, 0.1) is 20.2 Å². The molecule has 8 aromatic rings. The number of carbonyl (C=O) groups is 6. The maximum atomic E-state index is 13.4. The van der Waals surface area contributed by atoms with Crippen molar-refractivity contribution in [3.63, 3.8) is 0 Å². The molecule has 6 N–H and O–H groups in total. The van der Waals surface area contributed by atoms with Crippen LogP contribution in [0.15, 0.2) is 198 Å². The van der Waals surface area contributed by atoms with Gasteiger partial charge in [-0.3, -0.25) is 43.6 Å². The zero-order valence-corrected chi connectivity index (χ0v) is 58.2. The third-order valence-electron chi connectivity index (χ3n) is 13.9. The molecule has 8 rings (SSSR count). The number of methoxy groups -OCH3 is 3. The quantitative estimate of drug-likeness (QED) is 0.00886. The summed E-state index contributed by atoms with van der Waals surface area (Å²) in [6.45, 7) is 3.43. The number of nitro benzene ring substituents is 2. The molecular weight excluding hydrogens is 1450 g/mol. The first-order chi connectivity index (χ1) is 47.0. The van der Waals surface area contributed by atoms with Crippen LogP contribution in [0.3, 0.4) is 0 Å². The zero-order valence-electron chi connectivity index (χ0n) is 52.0. The number of nitrogens with two attached hydrogens (primary N) is 1. The van der Waals surface area contributed by atoms with Gasteiger partial charge in [-0.2, -0.15) is 0 Å². The lowest BCUT2D eigenvalue weighted by molar-refractivity contribution is -0.388. The van der Waals surface area contributed by atoms with Crippen molar-refractivity contribution in [1.29, 1.82) is 0 Å². The van der Waals surface area contributed by atoms with E-state index in [-0.39, 0.29) is 84.0 Å². The highest BCUT2D eigenvalue weighted by atomic mass is 35.5. The van der Waals surface area contributed by atoms with Crippen LogP contribution in [0.2, 0.25) is 30.1 Å². The number of amides is 3. The van der Waals surface area contributed by atoms with E-state index >= 15 is 0 Å². The molecule has 0 radical (unpaired) electrons. The zero-order chi connectivity index (χ0) is 72.9. The number of esters is 3. The van der Waals surface area contributed by atoms with Crippen molar-refractivity contribution in [2.24, 2.45) is 0 Å². The standard InChI is InChI=1S/C26H23Cl2N3O7S.C23H19Cl2N3O7S.C17H16Cl2N2O3/c1-3-15-30(39(36,37)23-10-5-4-9-22(23)31(34)35)18-13-11-17(12-14-18)16-21(26(33)38-2)29-25(32)24-19(27)7-6-8-20(24)28;1-35-23(30)18(26-22(29)21-16(24)5-4-6-17(21)25)13-14-9-11-15(12-10-14)27-36(33,34)20-8-3-2-7-19(20)28(31)32;1-24-17(23)14(9-10-5-7-11(20)8-6-10)21-16(22)15-12(18)3-2-4-13(15)19/h3-14,21H,1,15-16H2,2H3,(H,29,32);2-12,18,27H,13H2,1H3,(H,26,29);2-8,14H,9,20H2,1H3,(H,21,22)/t21-;18-;14-/m000/s1. The maximum Gasteiger partial charge on any atom is 0.328 e. The summed E-state index contributed by atoms with van der Waals surface area (Å²) >= 11 is 36.4. The average molecular weight is 1510 g/mol. The number of carbonyl (C=O) groups excluding carboxylic acids is 6. The van der Waals surface area contributed by atoms with Gasteiger partial charge < -0.3 is 35.9 Å². The van der Waals surface area contributed by atoms with Crippen LogP contribution < -0.4 is 30.7 Å². The number of anilines is 3. The number of para-hydroxylation sites is 2. The summed E-state index contributed by atoms with van der Waals surface area (Å²) in [7, 11) is -4.98. The van der Waals surface area contributed by atoms with Crippen molar-refractivity contribution in [3.8, 4) is 0 Å². The lowest BCUT2D eigenvalue weighted by Gasteiger charge is -2.23. The first-order valence-corrected chi connectivity index (χ1v) is 33.8. The highest BCUT2D eigenvalue weighted by Gasteiger charge is 2.33. The molecule has 3 amide bonds. The number of halogens is 6. The molecule has 0 fully saturated rings. The van der Waals surface area contributed by atoms with E-state index in [1.54, 1.807) is 66.7 Å². The molecule has 0 saturated carbocycles. The Labute approximate surface area is 597 Å². The van der Waals surface area contributed by atoms with Gasteiger partial charge in [0, 0.05) is 42.8 Å². The van der Waals surface area contributed by atoms with E-state index in [0.717, 1.165) is 34.1 Å². The second-order valence-electron chi connectivity index (χ2n) is 20.5. The Morgan fingerprint density at radius 1 is 0.485 bits per heavy atom. The molecule has 25 nitrogen and oxygen atoms in total. The van der Waals surface area contributed by atoms with Crippen molar-refractivity contribution in [1.82, 2.24) is 16.0 Å². The number of nitrogens with one attached hydrogen (secondary N) is 4. The number of ether oxygens (including phenoxy) is 3. The highest BCUT2D eigenvalue weighted by Crippen LogP contribution is 2.32. The van der Waals surface area contributed by atoms with E-state index in [1.807, 2.05) is 0 Å². The molecule has 99 heavy (non-hydrogen) atoms. The molecule has 518 valence electrons. The van der Waals surface area contributed by atoms with Crippen LogP contribution in [0.4, 0.5) is 28.4 Å². The normalized spacial score (nSPS) is 11.8. The van der Waals surface area contributed by atoms with Crippen LogP contribution in [0.25, 0.3) is 0 Å². The molecule has 3 atom stereocenters. The average Bonchev–Trinajstić information content (AvgIpc) is 0.783. The fourth-order valence-corrected chi connectivity index (χ4v) is 13.7. The second-order valence-corrected chi connectivity index (χ2v) is 26.5. The number of rotatable bonds is 25. The van der Waals surface area contributed by atoms with E-state index in [4.69, 9.17) is 89.5 Å². The number of nitro groups is 2. The van der Waals surface area contributed by atoms with Crippen LogP contribution in [0.1, 0.15) is 47.8 Å². The van der Waals surface area contributed by atoms with Crippen molar-refractivity contribution < 1.29 is 69.7 Å². The Balaban J connectivity index is 0.000000241. The fourth-order valence-electron chi connectivity index (χ4n) is 9.16. The molecule has 0 unspecified atom stereocenters. The highest BCUT2D eigenvalue weighted by molar-refractivity contribution is 7.93. The minimum atomic E-state index is -4.34. The third kappa shape index (κ3) is 21.1. The van der Waals surface area contributed by atoms with Crippen LogP contribution in [-0.4, -0.2) is 108 Å². The number of hydrogen-bond donors (Lipinski definition) is 5. The summed E-state index contributed by atoms with van der Waals surface area (Å²) in [5.74, 6) is -3.89. The maximum absolute atomic E-state index is 13.4. The number of nitrogen functional groups attached to an aromatic ring is 1. The number of benzene rings is 8. The van der Waals surface area contributed by atoms with Crippen LogP contribution in [0.5, 0.6) is 0 Å². The number of hydrogen-bond acceptors (Lipinski definition) is 18. The van der Waals surface area contributed by atoms with Gasteiger partial charge in [-0.15, -0.1) is 6.58 Å². The van der Waals surface area contributed by atoms with Gasteiger partial charge in [0.05, 0.1) is 90.2 Å². The van der Waals surface area contributed by atoms with Crippen molar-refractivity contribution in [2.75, 3.05) is 42.6 Å². The third-order valence-corrected chi connectivity index (χ3v) is 19.1. The second kappa shape index (κ2) is 36.1. The number of nitrogens with zero attached hydrogens (tertiary/aromatic N) is 3. The lowest BCUT2D eigenvalue weighted by Crippen LogP contribution is -2.43. The molecule has 0 saturated heterocycles. The van der Waals surface area contributed by atoms with Gasteiger partial charge in [0.2, 0.25) is 0 Å². The van der Waals surface area contributed by atoms with E-state index < -0.39 is 105 Å². The minimum Gasteiger partial charge on any atom is -0.467 e. The molecule has 0 aliphatic heterocycles. The summed E-state index contributed by atoms with van der Waals surface area (Å²) in [4.78, 5) is 94.8. The summed E-state index contributed by atoms with van der Waals surface area (Å²) in [6, 6.07) is 39.7. The van der Waals surface area contributed by atoms with Gasteiger partial charge in [0.25, 0.3) is 49.1 Å². The van der Waals surface area contributed by atoms with Gasteiger partial charge in [-0.05, 0) is 102 Å². The number of sulfonamides is 2. The molecule has 0 heterocycles. The molecule has 8 aromatic carbocycles. The van der Waals surface area contributed by atoms with Gasteiger partial charge in [-0.25, -0.2) is 31.2 Å². The molecule has 0 aliphatic rings. The summed E-state index contributed by atoms with van der Waals surface area (Å²) in [5.41, 5.74) is 7.56. The summed E-state index contributed by atoms with van der Waals surface area (Å²) in [5, 5.41) is 31.2. The molecule has 0 aliphatic carbocycles. The molecule has 0 bridgehead atoms. The minimum absolute atomic E-state index is 0.000863.